The zero-order valence-corrected chi connectivity index (χ0v) is 13.7. The molecule has 0 bridgehead atoms. The van der Waals surface area contributed by atoms with Crippen LogP contribution in [0.4, 0.5) is 14.5 Å². The highest BCUT2D eigenvalue weighted by Gasteiger charge is 2.41. The third-order valence-corrected chi connectivity index (χ3v) is 4.52. The Bertz CT molecular complexity index is 824. The fourth-order valence-corrected chi connectivity index (χ4v) is 3.55. The van der Waals surface area contributed by atoms with E-state index in [0.717, 1.165) is 40.2 Å². The van der Waals surface area contributed by atoms with Crippen LogP contribution < -0.4 is 4.90 Å². The van der Waals surface area contributed by atoms with E-state index >= 15 is 0 Å². The van der Waals surface area contributed by atoms with E-state index in [0.29, 0.717) is 5.16 Å². The molecule has 124 valence electrons. The molecule has 2 amide bonds. The number of hydrogen-bond acceptors (Lipinski definition) is 5. The van der Waals surface area contributed by atoms with Gasteiger partial charge in [0.1, 0.15) is 5.25 Å². The Balaban J connectivity index is 1.84. The van der Waals surface area contributed by atoms with Crippen LogP contribution >= 0.6 is 11.8 Å². The fourth-order valence-electron chi connectivity index (χ4n) is 2.47. The molecule has 8 heteroatoms. The Morgan fingerprint density at radius 2 is 1.75 bits per heavy atom. The number of rotatable bonds is 3. The number of aromatic nitrogens is 2. The second-order valence-corrected chi connectivity index (χ2v) is 6.58. The normalized spacial score (nSPS) is 17.7. The minimum Gasteiger partial charge on any atom is -0.274 e. The zero-order chi connectivity index (χ0) is 17.4. The van der Waals surface area contributed by atoms with Crippen LogP contribution in [-0.4, -0.2) is 27.0 Å². The van der Waals surface area contributed by atoms with Crippen molar-refractivity contribution in [1.82, 2.24) is 9.97 Å². The van der Waals surface area contributed by atoms with Gasteiger partial charge >= 0.3 is 0 Å². The Kier molecular flexibility index (Phi) is 4.31. The minimum absolute atomic E-state index is 0.0216. The number of anilines is 1. The number of carbonyl (C=O) groups is 2. The highest BCUT2D eigenvalue weighted by atomic mass is 32.2. The zero-order valence-electron chi connectivity index (χ0n) is 12.9. The van der Waals surface area contributed by atoms with Crippen LogP contribution in [0.15, 0.2) is 29.4 Å². The van der Waals surface area contributed by atoms with E-state index in [1.165, 1.54) is 6.07 Å². The van der Waals surface area contributed by atoms with Gasteiger partial charge in [-0.05, 0) is 32.0 Å². The molecule has 24 heavy (non-hydrogen) atoms. The second kappa shape index (κ2) is 6.27. The summed E-state index contributed by atoms with van der Waals surface area (Å²) in [5.74, 6) is -3.10. The highest BCUT2D eigenvalue weighted by Crippen LogP contribution is 2.33. The predicted molar refractivity (Wildman–Crippen MR) is 84.6 cm³/mol. The second-order valence-electron chi connectivity index (χ2n) is 5.41. The van der Waals surface area contributed by atoms with Crippen molar-refractivity contribution in [2.45, 2.75) is 30.7 Å². The number of hydrogen-bond donors (Lipinski definition) is 0. The molecule has 3 rings (SSSR count). The van der Waals surface area contributed by atoms with Crippen LogP contribution in [0, 0.1) is 25.5 Å². The lowest BCUT2D eigenvalue weighted by atomic mass is 10.3. The van der Waals surface area contributed by atoms with Gasteiger partial charge in [0, 0.05) is 23.9 Å². The van der Waals surface area contributed by atoms with Crippen LogP contribution in [0.5, 0.6) is 0 Å². The lowest BCUT2D eigenvalue weighted by Crippen LogP contribution is -2.31. The average molecular weight is 349 g/mol. The molecule has 1 aliphatic rings. The number of aryl methyl sites for hydroxylation is 2. The van der Waals surface area contributed by atoms with Crippen molar-refractivity contribution in [1.29, 1.82) is 0 Å². The summed E-state index contributed by atoms with van der Waals surface area (Å²) in [6.07, 6.45) is -0.0428. The summed E-state index contributed by atoms with van der Waals surface area (Å²) in [7, 11) is 0. The van der Waals surface area contributed by atoms with Gasteiger partial charge in [-0.15, -0.1) is 0 Å². The van der Waals surface area contributed by atoms with Crippen molar-refractivity contribution in [3.8, 4) is 0 Å². The molecule has 0 aliphatic carbocycles. The van der Waals surface area contributed by atoms with Crippen molar-refractivity contribution in [3.05, 3.63) is 47.3 Å². The number of carbonyl (C=O) groups excluding carboxylic acids is 2. The van der Waals surface area contributed by atoms with Crippen LogP contribution in [0.3, 0.4) is 0 Å². The van der Waals surface area contributed by atoms with Gasteiger partial charge in [-0.25, -0.2) is 23.6 Å². The largest absolute Gasteiger partial charge is 0.274 e. The van der Waals surface area contributed by atoms with Gasteiger partial charge in [0.2, 0.25) is 11.8 Å². The van der Waals surface area contributed by atoms with Gasteiger partial charge < -0.3 is 0 Å². The summed E-state index contributed by atoms with van der Waals surface area (Å²) in [4.78, 5) is 34.0. The van der Waals surface area contributed by atoms with Gasteiger partial charge in [0.15, 0.2) is 16.8 Å². The molecule has 2 heterocycles. The van der Waals surface area contributed by atoms with E-state index in [4.69, 9.17) is 0 Å². The van der Waals surface area contributed by atoms with Gasteiger partial charge in [0.25, 0.3) is 0 Å². The lowest BCUT2D eigenvalue weighted by Gasteiger charge is -2.15. The van der Waals surface area contributed by atoms with E-state index < -0.39 is 28.7 Å². The molecule has 0 unspecified atom stereocenters. The van der Waals surface area contributed by atoms with E-state index in [1.54, 1.807) is 6.07 Å². The van der Waals surface area contributed by atoms with Crippen molar-refractivity contribution < 1.29 is 18.4 Å². The first-order valence-electron chi connectivity index (χ1n) is 7.16. The summed E-state index contributed by atoms with van der Waals surface area (Å²) in [5.41, 5.74) is 1.55. The third kappa shape index (κ3) is 3.14. The van der Waals surface area contributed by atoms with Crippen LogP contribution in [0.2, 0.25) is 0 Å². The summed E-state index contributed by atoms with van der Waals surface area (Å²) in [6, 6.07) is 4.73. The molecule has 1 aromatic carbocycles. The monoisotopic (exact) mass is 349 g/mol. The Labute approximate surface area is 141 Å². The Morgan fingerprint density at radius 1 is 1.08 bits per heavy atom. The molecule has 0 radical (unpaired) electrons. The molecule has 1 atom stereocenters. The van der Waals surface area contributed by atoms with Crippen LogP contribution in [0.1, 0.15) is 17.8 Å². The van der Waals surface area contributed by atoms with E-state index in [2.05, 4.69) is 9.97 Å². The number of benzene rings is 1. The molecule has 0 spiro atoms. The maximum absolute atomic E-state index is 13.4. The number of halogens is 2. The Hall–Kier alpha value is -2.35. The Morgan fingerprint density at radius 3 is 2.38 bits per heavy atom. The number of thioether (sulfide) groups is 1. The summed E-state index contributed by atoms with van der Waals surface area (Å²) in [5, 5.41) is -0.280. The molecule has 0 N–H and O–H groups in total. The highest BCUT2D eigenvalue weighted by molar-refractivity contribution is 8.00. The molecular formula is C16H13F2N3O2S. The van der Waals surface area contributed by atoms with Crippen molar-refractivity contribution in [2.75, 3.05) is 4.90 Å². The van der Waals surface area contributed by atoms with Crippen LogP contribution in [0.25, 0.3) is 0 Å². The molecule has 0 saturated carbocycles. The molecule has 5 nitrogen and oxygen atoms in total. The smallest absolute Gasteiger partial charge is 0.247 e. The number of nitrogens with zero attached hydrogens (tertiary/aromatic N) is 3. The van der Waals surface area contributed by atoms with Gasteiger partial charge in [-0.2, -0.15) is 0 Å². The minimum atomic E-state index is -1.11. The molecule has 1 fully saturated rings. The SMILES string of the molecule is Cc1cc(C)nc(S[C@@H]2CC(=O)N(c3ccc(F)c(F)c3)C2=O)n1. The number of imide groups is 1. The fraction of sp³-hybridized carbons (Fsp3) is 0.250. The lowest BCUT2D eigenvalue weighted by molar-refractivity contribution is -0.121. The quantitative estimate of drug-likeness (QED) is 0.630. The van der Waals surface area contributed by atoms with Crippen molar-refractivity contribution >= 4 is 29.3 Å². The third-order valence-electron chi connectivity index (χ3n) is 3.48. The first-order valence-corrected chi connectivity index (χ1v) is 8.04. The molecule has 1 aliphatic heterocycles. The first-order chi connectivity index (χ1) is 11.3. The van der Waals surface area contributed by atoms with Gasteiger partial charge in [0.05, 0.1) is 5.69 Å². The summed E-state index contributed by atoms with van der Waals surface area (Å²) in [6.45, 7) is 3.63. The standard InChI is InChI=1S/C16H13F2N3O2S/c1-8-5-9(2)20-16(19-8)24-13-7-14(22)21(15(13)23)10-3-4-11(17)12(18)6-10/h3-6,13H,7H2,1-2H3/t13-/m1/s1. The van der Waals surface area contributed by atoms with Gasteiger partial charge in [-0.3, -0.25) is 9.59 Å². The van der Waals surface area contributed by atoms with Crippen molar-refractivity contribution in [2.24, 2.45) is 0 Å². The van der Waals surface area contributed by atoms with Crippen molar-refractivity contribution in [3.63, 3.8) is 0 Å². The number of amides is 2. The summed E-state index contributed by atoms with van der Waals surface area (Å²) >= 11 is 1.10. The van der Waals surface area contributed by atoms with E-state index in [9.17, 15) is 18.4 Å². The molecule has 2 aromatic rings. The average Bonchev–Trinajstić information content (AvgIpc) is 2.75. The maximum Gasteiger partial charge on any atom is 0.247 e. The molecular weight excluding hydrogens is 336 g/mol. The molecule has 1 saturated heterocycles. The van der Waals surface area contributed by atoms with E-state index in [1.807, 2.05) is 13.8 Å². The molecule has 1 aromatic heterocycles. The first kappa shape index (κ1) is 16.5. The predicted octanol–water partition coefficient (Wildman–Crippen LogP) is 2.80. The van der Waals surface area contributed by atoms with Crippen LogP contribution in [-0.2, 0) is 9.59 Å². The maximum atomic E-state index is 13.4. The van der Waals surface area contributed by atoms with Gasteiger partial charge in [-0.1, -0.05) is 11.8 Å². The topological polar surface area (TPSA) is 63.2 Å². The van der Waals surface area contributed by atoms with E-state index in [-0.39, 0.29) is 12.1 Å². The summed E-state index contributed by atoms with van der Waals surface area (Å²) < 4.78 is 26.4.